The third-order valence-corrected chi connectivity index (χ3v) is 3.24. The lowest BCUT2D eigenvalue weighted by atomic mass is 10.1. The predicted octanol–water partition coefficient (Wildman–Crippen LogP) is 4.36. The molecule has 18 heavy (non-hydrogen) atoms. The summed E-state index contributed by atoms with van der Waals surface area (Å²) < 4.78 is 6.06. The molecule has 1 heterocycles. The molecular weight excluding hydrogens is 220 g/mol. The Hall–Kier alpha value is -2.02. The molecule has 0 aromatic heterocycles. The van der Waals surface area contributed by atoms with Crippen LogP contribution in [0.5, 0.6) is 5.75 Å². The average molecular weight is 236 g/mol. The molecule has 0 amide bonds. The van der Waals surface area contributed by atoms with Gasteiger partial charge in [0.15, 0.2) is 0 Å². The largest absolute Gasteiger partial charge is 0.457 e. The van der Waals surface area contributed by atoms with E-state index in [-0.39, 0.29) is 0 Å². The minimum absolute atomic E-state index is 0.971. The topological polar surface area (TPSA) is 9.23 Å². The second-order valence-electron chi connectivity index (χ2n) is 4.69. The molecule has 90 valence electrons. The number of hydrogen-bond donors (Lipinski definition) is 0. The molecule has 0 N–H and O–H groups in total. The molecule has 1 aliphatic heterocycles. The van der Waals surface area contributed by atoms with Gasteiger partial charge in [-0.25, -0.2) is 0 Å². The van der Waals surface area contributed by atoms with Crippen LogP contribution in [-0.2, 0) is 6.42 Å². The number of benzene rings is 2. The Morgan fingerprint density at radius 3 is 2.67 bits per heavy atom. The van der Waals surface area contributed by atoms with E-state index in [0.717, 1.165) is 29.9 Å². The summed E-state index contributed by atoms with van der Waals surface area (Å²) in [6.45, 7) is 2.12. The van der Waals surface area contributed by atoms with E-state index in [9.17, 15) is 0 Å². The van der Waals surface area contributed by atoms with Crippen LogP contribution in [0.25, 0.3) is 5.76 Å². The monoisotopic (exact) mass is 236 g/mol. The third kappa shape index (κ3) is 2.17. The van der Waals surface area contributed by atoms with Crippen LogP contribution in [0.2, 0.25) is 0 Å². The molecular formula is C17H16O. The number of fused-ring (bicyclic) bond motifs is 1. The molecule has 0 radical (unpaired) electrons. The van der Waals surface area contributed by atoms with Gasteiger partial charge >= 0.3 is 0 Å². The van der Waals surface area contributed by atoms with E-state index in [4.69, 9.17) is 4.74 Å². The summed E-state index contributed by atoms with van der Waals surface area (Å²) in [7, 11) is 0. The molecule has 0 unspecified atom stereocenters. The van der Waals surface area contributed by atoms with Crippen molar-refractivity contribution in [3.05, 3.63) is 71.3 Å². The Labute approximate surface area is 108 Å². The molecule has 0 bridgehead atoms. The summed E-state index contributed by atoms with van der Waals surface area (Å²) >= 11 is 0. The summed E-state index contributed by atoms with van der Waals surface area (Å²) in [5.41, 5.74) is 3.74. The number of allylic oxidation sites excluding steroid dienone is 1. The lowest BCUT2D eigenvalue weighted by molar-refractivity contribution is 0.512. The normalized spacial score (nSPS) is 14.2. The Morgan fingerprint density at radius 2 is 1.83 bits per heavy atom. The molecule has 0 atom stereocenters. The van der Waals surface area contributed by atoms with Gasteiger partial charge < -0.3 is 4.74 Å². The van der Waals surface area contributed by atoms with E-state index in [1.165, 1.54) is 11.1 Å². The SMILES string of the molecule is Cc1ccc2c(c1)CCC=C(c1ccccc1)O2. The van der Waals surface area contributed by atoms with Gasteiger partial charge in [0.05, 0.1) is 0 Å². The van der Waals surface area contributed by atoms with Crippen molar-refractivity contribution in [3.8, 4) is 5.75 Å². The van der Waals surface area contributed by atoms with E-state index in [2.05, 4.69) is 43.3 Å². The molecule has 2 aromatic carbocycles. The van der Waals surface area contributed by atoms with Crippen LogP contribution < -0.4 is 4.74 Å². The minimum Gasteiger partial charge on any atom is -0.457 e. The van der Waals surface area contributed by atoms with Crippen molar-refractivity contribution >= 4 is 5.76 Å². The number of hydrogen-bond acceptors (Lipinski definition) is 1. The van der Waals surface area contributed by atoms with Crippen molar-refractivity contribution < 1.29 is 4.74 Å². The maximum absolute atomic E-state index is 6.06. The molecule has 0 saturated carbocycles. The van der Waals surface area contributed by atoms with Crippen LogP contribution in [0.15, 0.2) is 54.6 Å². The fraction of sp³-hybridized carbons (Fsp3) is 0.176. The molecule has 1 nitrogen and oxygen atoms in total. The van der Waals surface area contributed by atoms with Gasteiger partial charge in [0.1, 0.15) is 11.5 Å². The van der Waals surface area contributed by atoms with Gasteiger partial charge in [0, 0.05) is 5.56 Å². The van der Waals surface area contributed by atoms with Crippen LogP contribution in [-0.4, -0.2) is 0 Å². The van der Waals surface area contributed by atoms with Crippen LogP contribution in [0.4, 0.5) is 0 Å². The number of aryl methyl sites for hydroxylation is 2. The zero-order valence-electron chi connectivity index (χ0n) is 10.5. The summed E-state index contributed by atoms with van der Waals surface area (Å²) in [4.78, 5) is 0. The first-order valence-corrected chi connectivity index (χ1v) is 6.36. The van der Waals surface area contributed by atoms with Crippen molar-refractivity contribution in [2.24, 2.45) is 0 Å². The van der Waals surface area contributed by atoms with Crippen LogP contribution in [0, 0.1) is 6.92 Å². The van der Waals surface area contributed by atoms with Crippen LogP contribution in [0.3, 0.4) is 0 Å². The minimum atomic E-state index is 0.971. The smallest absolute Gasteiger partial charge is 0.130 e. The second kappa shape index (κ2) is 4.69. The Kier molecular flexibility index (Phi) is 2.89. The van der Waals surface area contributed by atoms with Gasteiger partial charge in [-0.1, -0.05) is 48.0 Å². The van der Waals surface area contributed by atoms with Crippen LogP contribution >= 0.6 is 0 Å². The van der Waals surface area contributed by atoms with E-state index in [0.29, 0.717) is 0 Å². The number of ether oxygens (including phenoxy) is 1. The molecule has 0 spiro atoms. The molecule has 0 fully saturated rings. The average Bonchev–Trinajstić information content (AvgIpc) is 2.61. The van der Waals surface area contributed by atoms with E-state index >= 15 is 0 Å². The predicted molar refractivity (Wildman–Crippen MR) is 74.5 cm³/mol. The Morgan fingerprint density at radius 1 is 1.00 bits per heavy atom. The lowest BCUT2D eigenvalue weighted by Crippen LogP contribution is -1.95. The van der Waals surface area contributed by atoms with Gasteiger partial charge in [-0.3, -0.25) is 0 Å². The first kappa shape index (κ1) is 11.1. The standard InChI is InChI=1S/C17H16O/c1-13-10-11-17-15(12-13)8-5-9-16(18-17)14-6-3-2-4-7-14/h2-4,6-7,9-12H,5,8H2,1H3. The molecule has 0 aliphatic carbocycles. The summed E-state index contributed by atoms with van der Waals surface area (Å²) in [6, 6.07) is 16.7. The fourth-order valence-corrected chi connectivity index (χ4v) is 2.30. The fourth-order valence-electron chi connectivity index (χ4n) is 2.30. The lowest BCUT2D eigenvalue weighted by Gasteiger charge is -2.11. The van der Waals surface area contributed by atoms with Gasteiger partial charge in [0.2, 0.25) is 0 Å². The van der Waals surface area contributed by atoms with E-state index in [1.807, 2.05) is 18.2 Å². The van der Waals surface area contributed by atoms with Gasteiger partial charge in [-0.2, -0.15) is 0 Å². The molecule has 1 heteroatoms. The highest BCUT2D eigenvalue weighted by molar-refractivity contribution is 5.63. The zero-order valence-corrected chi connectivity index (χ0v) is 10.5. The maximum Gasteiger partial charge on any atom is 0.130 e. The highest BCUT2D eigenvalue weighted by Crippen LogP contribution is 2.30. The Bertz CT molecular complexity index is 582. The molecule has 2 aromatic rings. The summed E-state index contributed by atoms with van der Waals surface area (Å²) in [5.74, 6) is 1.96. The summed E-state index contributed by atoms with van der Waals surface area (Å²) in [6.07, 6.45) is 4.26. The van der Waals surface area contributed by atoms with E-state index < -0.39 is 0 Å². The van der Waals surface area contributed by atoms with Crippen molar-refractivity contribution in [3.63, 3.8) is 0 Å². The third-order valence-electron chi connectivity index (χ3n) is 3.24. The van der Waals surface area contributed by atoms with E-state index in [1.54, 1.807) is 0 Å². The Balaban J connectivity index is 1.96. The second-order valence-corrected chi connectivity index (χ2v) is 4.69. The van der Waals surface area contributed by atoms with Crippen molar-refractivity contribution in [1.29, 1.82) is 0 Å². The van der Waals surface area contributed by atoms with Crippen LogP contribution in [0.1, 0.15) is 23.1 Å². The van der Waals surface area contributed by atoms with Gasteiger partial charge in [-0.05, 0) is 37.5 Å². The first-order chi connectivity index (χ1) is 8.83. The van der Waals surface area contributed by atoms with Crippen molar-refractivity contribution in [2.75, 3.05) is 0 Å². The molecule has 1 aliphatic rings. The number of rotatable bonds is 1. The molecule has 0 saturated heterocycles. The van der Waals surface area contributed by atoms with Crippen molar-refractivity contribution in [2.45, 2.75) is 19.8 Å². The van der Waals surface area contributed by atoms with Gasteiger partial charge in [0.25, 0.3) is 0 Å². The quantitative estimate of drug-likeness (QED) is 0.714. The summed E-state index contributed by atoms with van der Waals surface area (Å²) in [5, 5.41) is 0. The van der Waals surface area contributed by atoms with Gasteiger partial charge in [-0.15, -0.1) is 0 Å². The maximum atomic E-state index is 6.06. The zero-order chi connectivity index (χ0) is 12.4. The van der Waals surface area contributed by atoms with Crippen molar-refractivity contribution in [1.82, 2.24) is 0 Å². The first-order valence-electron chi connectivity index (χ1n) is 6.36. The molecule has 3 rings (SSSR count). The highest BCUT2D eigenvalue weighted by Gasteiger charge is 2.12. The highest BCUT2D eigenvalue weighted by atomic mass is 16.5.